The highest BCUT2D eigenvalue weighted by atomic mass is 35.5. The van der Waals surface area contributed by atoms with Gasteiger partial charge in [-0.15, -0.1) is 6.58 Å². The number of nitrogens with zero attached hydrogens (tertiary/aromatic N) is 3. The summed E-state index contributed by atoms with van der Waals surface area (Å²) < 4.78 is 1.91. The van der Waals surface area contributed by atoms with Crippen molar-refractivity contribution in [1.29, 1.82) is 5.26 Å². The SMILES string of the molecule is C=CCn1c(C)cc(C(=O)/C(C#N)=C/c2cc([N+](=O)[O-])ccc2Cl)c1C. The molecule has 0 spiro atoms. The number of rotatable bonds is 6. The van der Waals surface area contributed by atoms with Gasteiger partial charge in [0, 0.05) is 46.2 Å². The molecule has 0 aliphatic carbocycles. The van der Waals surface area contributed by atoms with Crippen LogP contribution in [-0.4, -0.2) is 15.3 Å². The van der Waals surface area contributed by atoms with E-state index in [0.29, 0.717) is 12.1 Å². The van der Waals surface area contributed by atoms with Gasteiger partial charge in [-0.3, -0.25) is 14.9 Å². The predicted molar refractivity (Wildman–Crippen MR) is 100 cm³/mol. The van der Waals surface area contributed by atoms with Crippen LogP contribution in [-0.2, 0) is 6.54 Å². The molecule has 1 aromatic heterocycles. The number of nitro benzene ring substituents is 1. The van der Waals surface area contributed by atoms with E-state index in [4.69, 9.17) is 11.6 Å². The Morgan fingerprint density at radius 1 is 1.42 bits per heavy atom. The molecule has 2 aromatic rings. The molecule has 0 unspecified atom stereocenters. The minimum Gasteiger partial charge on any atom is -0.345 e. The first-order valence-electron chi connectivity index (χ1n) is 7.68. The molecule has 0 saturated heterocycles. The van der Waals surface area contributed by atoms with Crippen LogP contribution in [0.25, 0.3) is 6.08 Å². The number of nitro groups is 1. The molecule has 0 bridgehead atoms. The lowest BCUT2D eigenvalue weighted by atomic mass is 10.0. The fourth-order valence-corrected chi connectivity index (χ4v) is 2.82. The number of ketones is 1. The Balaban J connectivity index is 2.51. The van der Waals surface area contributed by atoms with Crippen molar-refractivity contribution in [3.63, 3.8) is 0 Å². The average molecular weight is 370 g/mol. The van der Waals surface area contributed by atoms with E-state index in [1.165, 1.54) is 24.3 Å². The van der Waals surface area contributed by atoms with E-state index in [9.17, 15) is 20.2 Å². The van der Waals surface area contributed by atoms with Crippen molar-refractivity contribution in [2.75, 3.05) is 0 Å². The number of Topliss-reactive ketones (excluding diaryl/α,β-unsaturated/α-hetero) is 1. The molecular formula is C19H16ClN3O3. The van der Waals surface area contributed by atoms with Crippen LogP contribution in [0.4, 0.5) is 5.69 Å². The number of aromatic nitrogens is 1. The number of hydrogen-bond acceptors (Lipinski definition) is 4. The summed E-state index contributed by atoms with van der Waals surface area (Å²) in [6, 6.07) is 7.43. The van der Waals surface area contributed by atoms with E-state index in [2.05, 4.69) is 6.58 Å². The summed E-state index contributed by atoms with van der Waals surface area (Å²) in [6.07, 6.45) is 3.00. The molecule has 0 fully saturated rings. The van der Waals surface area contributed by atoms with Gasteiger partial charge in [0.15, 0.2) is 0 Å². The standard InChI is InChI=1S/C19H16ClN3O3/c1-4-7-22-12(2)8-17(13(22)3)19(24)15(11-21)9-14-10-16(23(25)26)5-6-18(14)20/h4-6,8-10H,1,7H2,2-3H3/b15-9+. The fraction of sp³-hybridized carbons (Fsp3) is 0.158. The Hall–Kier alpha value is -3.17. The summed E-state index contributed by atoms with van der Waals surface area (Å²) in [5.41, 5.74) is 1.92. The Labute approximate surface area is 155 Å². The second-order valence-electron chi connectivity index (χ2n) is 5.65. The van der Waals surface area contributed by atoms with Crippen molar-refractivity contribution in [2.24, 2.45) is 0 Å². The minimum absolute atomic E-state index is 0.147. The van der Waals surface area contributed by atoms with Gasteiger partial charge < -0.3 is 4.57 Å². The summed E-state index contributed by atoms with van der Waals surface area (Å²) in [4.78, 5) is 23.1. The molecule has 132 valence electrons. The highest BCUT2D eigenvalue weighted by molar-refractivity contribution is 6.32. The third-order valence-electron chi connectivity index (χ3n) is 3.99. The molecule has 0 atom stereocenters. The third kappa shape index (κ3) is 3.73. The van der Waals surface area contributed by atoms with Gasteiger partial charge in [-0.2, -0.15) is 5.26 Å². The maximum atomic E-state index is 12.8. The van der Waals surface area contributed by atoms with Crippen molar-refractivity contribution < 1.29 is 9.72 Å². The van der Waals surface area contributed by atoms with E-state index in [-0.39, 0.29) is 21.8 Å². The molecule has 0 aliphatic rings. The molecule has 0 amide bonds. The van der Waals surface area contributed by atoms with E-state index < -0.39 is 10.7 Å². The first-order valence-corrected chi connectivity index (χ1v) is 8.06. The molecular weight excluding hydrogens is 354 g/mol. The van der Waals surface area contributed by atoms with Crippen LogP contribution in [0.15, 0.2) is 42.5 Å². The molecule has 0 radical (unpaired) electrons. The lowest BCUT2D eigenvalue weighted by Crippen LogP contribution is -2.06. The summed E-state index contributed by atoms with van der Waals surface area (Å²) in [7, 11) is 0. The van der Waals surface area contributed by atoms with Gasteiger partial charge >= 0.3 is 0 Å². The highest BCUT2D eigenvalue weighted by Gasteiger charge is 2.20. The van der Waals surface area contributed by atoms with Crippen LogP contribution in [0.2, 0.25) is 5.02 Å². The Kier molecular flexibility index (Phi) is 5.75. The van der Waals surface area contributed by atoms with Crippen molar-refractivity contribution in [1.82, 2.24) is 4.57 Å². The lowest BCUT2D eigenvalue weighted by Gasteiger charge is -2.06. The van der Waals surface area contributed by atoms with Crippen LogP contribution in [0, 0.1) is 35.3 Å². The lowest BCUT2D eigenvalue weighted by molar-refractivity contribution is -0.384. The summed E-state index contributed by atoms with van der Waals surface area (Å²) in [5, 5.41) is 20.6. The summed E-state index contributed by atoms with van der Waals surface area (Å²) in [5.74, 6) is -0.460. The second-order valence-corrected chi connectivity index (χ2v) is 6.05. The second kappa shape index (κ2) is 7.81. The summed E-state index contributed by atoms with van der Waals surface area (Å²) in [6.45, 7) is 7.89. The van der Waals surface area contributed by atoms with Crippen molar-refractivity contribution >= 4 is 29.1 Å². The predicted octanol–water partition coefficient (Wildman–Crippen LogP) is 4.64. The zero-order chi connectivity index (χ0) is 19.4. The van der Waals surface area contributed by atoms with E-state index in [1.54, 1.807) is 19.1 Å². The van der Waals surface area contributed by atoms with E-state index in [1.807, 2.05) is 17.6 Å². The average Bonchev–Trinajstić information content (AvgIpc) is 2.88. The van der Waals surface area contributed by atoms with Gasteiger partial charge in [-0.1, -0.05) is 17.7 Å². The first-order chi connectivity index (χ1) is 12.3. The quantitative estimate of drug-likeness (QED) is 0.185. The van der Waals surface area contributed by atoms with Crippen LogP contribution in [0.3, 0.4) is 0 Å². The number of halogens is 1. The number of non-ortho nitro benzene ring substituents is 1. The zero-order valence-electron chi connectivity index (χ0n) is 14.3. The van der Waals surface area contributed by atoms with Crippen molar-refractivity contribution in [3.05, 3.63) is 80.1 Å². The monoisotopic (exact) mass is 369 g/mol. The number of allylic oxidation sites excluding steroid dienone is 2. The normalized spacial score (nSPS) is 11.1. The minimum atomic E-state index is -0.565. The van der Waals surface area contributed by atoms with Crippen LogP contribution >= 0.6 is 11.6 Å². The molecule has 0 N–H and O–H groups in total. The molecule has 26 heavy (non-hydrogen) atoms. The van der Waals surface area contributed by atoms with Gasteiger partial charge in [0.25, 0.3) is 5.69 Å². The Morgan fingerprint density at radius 2 is 2.12 bits per heavy atom. The van der Waals surface area contributed by atoms with Gasteiger partial charge in [-0.05, 0) is 32.1 Å². The molecule has 0 aliphatic heterocycles. The van der Waals surface area contributed by atoms with Crippen LogP contribution in [0.1, 0.15) is 27.3 Å². The maximum Gasteiger partial charge on any atom is 0.270 e. The van der Waals surface area contributed by atoms with Gasteiger partial charge in [0.05, 0.1) is 4.92 Å². The van der Waals surface area contributed by atoms with E-state index in [0.717, 1.165) is 11.4 Å². The third-order valence-corrected chi connectivity index (χ3v) is 4.33. The number of carbonyl (C=O) groups excluding carboxylic acids is 1. The number of hydrogen-bond donors (Lipinski definition) is 0. The van der Waals surface area contributed by atoms with Crippen molar-refractivity contribution in [2.45, 2.75) is 20.4 Å². The smallest absolute Gasteiger partial charge is 0.270 e. The van der Waals surface area contributed by atoms with Crippen LogP contribution < -0.4 is 0 Å². The Morgan fingerprint density at radius 3 is 2.69 bits per heavy atom. The number of aryl methyl sites for hydroxylation is 1. The van der Waals surface area contributed by atoms with Crippen LogP contribution in [0.5, 0.6) is 0 Å². The van der Waals surface area contributed by atoms with Gasteiger partial charge in [-0.25, -0.2) is 0 Å². The molecule has 1 heterocycles. The molecule has 7 heteroatoms. The summed E-state index contributed by atoms with van der Waals surface area (Å²) >= 11 is 6.05. The number of carbonyl (C=O) groups is 1. The largest absolute Gasteiger partial charge is 0.345 e. The van der Waals surface area contributed by atoms with E-state index >= 15 is 0 Å². The fourth-order valence-electron chi connectivity index (χ4n) is 2.65. The topological polar surface area (TPSA) is 88.9 Å². The molecule has 1 aromatic carbocycles. The van der Waals surface area contributed by atoms with Gasteiger partial charge in [0.2, 0.25) is 5.78 Å². The number of benzene rings is 1. The molecule has 6 nitrogen and oxygen atoms in total. The highest BCUT2D eigenvalue weighted by Crippen LogP contribution is 2.26. The Bertz CT molecular complexity index is 981. The van der Waals surface area contributed by atoms with Crippen molar-refractivity contribution in [3.8, 4) is 6.07 Å². The zero-order valence-corrected chi connectivity index (χ0v) is 15.1. The maximum absolute atomic E-state index is 12.8. The first kappa shape index (κ1) is 19.2. The van der Waals surface area contributed by atoms with Gasteiger partial charge in [0.1, 0.15) is 11.6 Å². The number of nitriles is 1. The molecule has 0 saturated carbocycles. The molecule has 2 rings (SSSR count).